The number of allylic oxidation sites excluding steroid dienone is 1. The molecule has 0 aromatic carbocycles. The van der Waals surface area contributed by atoms with Gasteiger partial charge in [0.15, 0.2) is 0 Å². The van der Waals surface area contributed by atoms with Crippen molar-refractivity contribution in [2.45, 2.75) is 32.7 Å². The number of nitrogens with one attached hydrogen (secondary N) is 1. The second-order valence-corrected chi connectivity index (χ2v) is 5.17. The van der Waals surface area contributed by atoms with Gasteiger partial charge in [-0.15, -0.1) is 0 Å². The van der Waals surface area contributed by atoms with Crippen LogP contribution in [-0.4, -0.2) is 32.3 Å². The first-order valence-corrected chi connectivity index (χ1v) is 7.73. The second kappa shape index (κ2) is 6.60. The van der Waals surface area contributed by atoms with Gasteiger partial charge in [0.1, 0.15) is 12.4 Å². The Balaban J connectivity index is 2.15. The molecule has 1 atom stereocenters. The number of hydrogen-bond donors (Lipinski definition) is 1. The zero-order valence-electron chi connectivity index (χ0n) is 13.2. The van der Waals surface area contributed by atoms with Gasteiger partial charge in [0.25, 0.3) is 0 Å². The van der Waals surface area contributed by atoms with Crippen LogP contribution in [0.3, 0.4) is 0 Å². The summed E-state index contributed by atoms with van der Waals surface area (Å²) in [4.78, 5) is 21.2. The molecule has 2 aromatic heterocycles. The SMILES string of the molecule is CCCC1=C(C(=O)OCC)C(c2ccccn2)n2ncnc2N1. The van der Waals surface area contributed by atoms with Crippen molar-refractivity contribution in [2.75, 3.05) is 11.9 Å². The third-order valence-electron chi connectivity index (χ3n) is 3.64. The Labute approximate surface area is 134 Å². The van der Waals surface area contributed by atoms with E-state index in [0.717, 1.165) is 24.2 Å². The average molecular weight is 313 g/mol. The summed E-state index contributed by atoms with van der Waals surface area (Å²) in [5, 5.41) is 7.47. The first-order valence-electron chi connectivity index (χ1n) is 7.73. The number of carbonyl (C=O) groups excluding carboxylic acids is 1. The highest BCUT2D eigenvalue weighted by atomic mass is 16.5. The number of ether oxygens (including phenoxy) is 1. The van der Waals surface area contributed by atoms with Crippen LogP contribution in [0.2, 0.25) is 0 Å². The minimum absolute atomic E-state index is 0.320. The summed E-state index contributed by atoms with van der Waals surface area (Å²) in [5.41, 5.74) is 2.10. The zero-order chi connectivity index (χ0) is 16.2. The lowest BCUT2D eigenvalue weighted by Crippen LogP contribution is -2.31. The van der Waals surface area contributed by atoms with Crippen LogP contribution in [0.1, 0.15) is 38.4 Å². The quantitative estimate of drug-likeness (QED) is 0.853. The van der Waals surface area contributed by atoms with E-state index in [9.17, 15) is 4.79 Å². The van der Waals surface area contributed by atoms with Crippen LogP contribution in [0.15, 0.2) is 42.0 Å². The highest BCUT2D eigenvalue weighted by Crippen LogP contribution is 2.35. The van der Waals surface area contributed by atoms with E-state index in [1.54, 1.807) is 17.8 Å². The number of pyridine rings is 1. The number of esters is 1. The Morgan fingerprint density at radius 1 is 1.35 bits per heavy atom. The van der Waals surface area contributed by atoms with Gasteiger partial charge >= 0.3 is 5.97 Å². The molecule has 23 heavy (non-hydrogen) atoms. The van der Waals surface area contributed by atoms with Crippen molar-refractivity contribution in [2.24, 2.45) is 0 Å². The molecule has 1 unspecified atom stereocenters. The number of rotatable bonds is 5. The molecule has 1 N–H and O–H groups in total. The summed E-state index contributed by atoms with van der Waals surface area (Å²) in [6, 6.07) is 5.18. The summed E-state index contributed by atoms with van der Waals surface area (Å²) in [5.74, 6) is 0.261. The minimum Gasteiger partial charge on any atom is -0.463 e. The summed E-state index contributed by atoms with van der Waals surface area (Å²) in [6.45, 7) is 4.18. The molecule has 7 heteroatoms. The molecule has 120 valence electrons. The lowest BCUT2D eigenvalue weighted by Gasteiger charge is -2.28. The monoisotopic (exact) mass is 313 g/mol. The van der Waals surface area contributed by atoms with Gasteiger partial charge in [0.05, 0.1) is 17.9 Å². The fourth-order valence-corrected chi connectivity index (χ4v) is 2.72. The van der Waals surface area contributed by atoms with Crippen molar-refractivity contribution < 1.29 is 9.53 Å². The minimum atomic E-state index is -0.435. The number of fused-ring (bicyclic) bond motifs is 1. The van der Waals surface area contributed by atoms with Crippen molar-refractivity contribution in [3.8, 4) is 0 Å². The number of hydrogen-bond acceptors (Lipinski definition) is 6. The fraction of sp³-hybridized carbons (Fsp3) is 0.375. The molecule has 0 radical (unpaired) electrons. The normalized spacial score (nSPS) is 16.7. The van der Waals surface area contributed by atoms with Crippen LogP contribution in [0, 0.1) is 0 Å². The van der Waals surface area contributed by atoms with Gasteiger partial charge in [0.2, 0.25) is 5.95 Å². The van der Waals surface area contributed by atoms with E-state index in [1.807, 2.05) is 18.2 Å². The molecular weight excluding hydrogens is 294 g/mol. The molecule has 0 aliphatic carbocycles. The number of nitrogens with zero attached hydrogens (tertiary/aromatic N) is 4. The van der Waals surface area contributed by atoms with E-state index in [-0.39, 0.29) is 5.97 Å². The van der Waals surface area contributed by atoms with Crippen molar-refractivity contribution in [1.29, 1.82) is 0 Å². The van der Waals surface area contributed by atoms with E-state index >= 15 is 0 Å². The summed E-state index contributed by atoms with van der Waals surface area (Å²) < 4.78 is 6.95. The average Bonchev–Trinajstić information content (AvgIpc) is 3.03. The van der Waals surface area contributed by atoms with Crippen LogP contribution in [0.5, 0.6) is 0 Å². The van der Waals surface area contributed by atoms with E-state index in [0.29, 0.717) is 18.1 Å². The predicted octanol–water partition coefficient (Wildman–Crippen LogP) is 2.31. The third-order valence-corrected chi connectivity index (χ3v) is 3.64. The van der Waals surface area contributed by atoms with Gasteiger partial charge in [-0.3, -0.25) is 4.98 Å². The third kappa shape index (κ3) is 2.81. The lowest BCUT2D eigenvalue weighted by molar-refractivity contribution is -0.139. The highest BCUT2D eigenvalue weighted by molar-refractivity contribution is 5.92. The van der Waals surface area contributed by atoms with E-state index in [4.69, 9.17) is 4.74 Å². The standard InChI is InChI=1S/C16H19N5O2/c1-3-7-11-13(15(22)23-4-2)14(12-8-5-6-9-17-12)21-16(20-11)18-10-19-21/h5-6,8-10,14H,3-4,7H2,1-2H3,(H,18,19,20). The van der Waals surface area contributed by atoms with Gasteiger partial charge in [-0.25, -0.2) is 9.48 Å². The van der Waals surface area contributed by atoms with Gasteiger partial charge in [-0.05, 0) is 25.5 Å². The Hall–Kier alpha value is -2.70. The van der Waals surface area contributed by atoms with Crippen LogP contribution in [-0.2, 0) is 9.53 Å². The largest absolute Gasteiger partial charge is 0.463 e. The second-order valence-electron chi connectivity index (χ2n) is 5.17. The molecule has 0 bridgehead atoms. The van der Waals surface area contributed by atoms with Crippen LogP contribution >= 0.6 is 0 Å². The summed E-state index contributed by atoms with van der Waals surface area (Å²) in [6.07, 6.45) is 4.80. The smallest absolute Gasteiger partial charge is 0.338 e. The van der Waals surface area contributed by atoms with E-state index in [2.05, 4.69) is 27.3 Å². The molecule has 3 rings (SSSR count). The maximum atomic E-state index is 12.6. The molecule has 0 saturated heterocycles. The van der Waals surface area contributed by atoms with Crippen LogP contribution < -0.4 is 5.32 Å². The van der Waals surface area contributed by atoms with Crippen molar-refractivity contribution >= 4 is 11.9 Å². The fourth-order valence-electron chi connectivity index (χ4n) is 2.72. The molecule has 0 fully saturated rings. The number of carbonyl (C=O) groups is 1. The molecule has 7 nitrogen and oxygen atoms in total. The Bertz CT molecular complexity index is 723. The molecule has 0 amide bonds. The molecule has 2 aromatic rings. The van der Waals surface area contributed by atoms with E-state index < -0.39 is 6.04 Å². The van der Waals surface area contributed by atoms with Gasteiger partial charge < -0.3 is 10.1 Å². The van der Waals surface area contributed by atoms with Gasteiger partial charge in [-0.2, -0.15) is 10.1 Å². The lowest BCUT2D eigenvalue weighted by atomic mass is 9.97. The number of aromatic nitrogens is 4. The zero-order valence-corrected chi connectivity index (χ0v) is 13.2. The molecule has 0 spiro atoms. The summed E-state index contributed by atoms with van der Waals surface area (Å²) >= 11 is 0. The maximum absolute atomic E-state index is 12.6. The number of anilines is 1. The van der Waals surface area contributed by atoms with Crippen molar-refractivity contribution in [1.82, 2.24) is 19.7 Å². The summed E-state index contributed by atoms with van der Waals surface area (Å²) in [7, 11) is 0. The van der Waals surface area contributed by atoms with Crippen LogP contribution in [0.4, 0.5) is 5.95 Å². The Kier molecular flexibility index (Phi) is 4.36. The van der Waals surface area contributed by atoms with Crippen molar-refractivity contribution in [3.63, 3.8) is 0 Å². The maximum Gasteiger partial charge on any atom is 0.338 e. The molecule has 1 aliphatic heterocycles. The molecule has 3 heterocycles. The van der Waals surface area contributed by atoms with Gasteiger partial charge in [0, 0.05) is 11.9 Å². The van der Waals surface area contributed by atoms with Gasteiger partial charge in [-0.1, -0.05) is 19.4 Å². The topological polar surface area (TPSA) is 81.9 Å². The molecule has 0 saturated carbocycles. The van der Waals surface area contributed by atoms with Crippen molar-refractivity contribution in [3.05, 3.63) is 47.7 Å². The predicted molar refractivity (Wildman–Crippen MR) is 84.6 cm³/mol. The van der Waals surface area contributed by atoms with E-state index in [1.165, 1.54) is 6.33 Å². The first kappa shape index (κ1) is 15.2. The molecule has 1 aliphatic rings. The highest BCUT2D eigenvalue weighted by Gasteiger charge is 2.35. The molecular formula is C16H19N5O2. The van der Waals surface area contributed by atoms with Crippen LogP contribution in [0.25, 0.3) is 0 Å². The first-order chi connectivity index (χ1) is 11.3. The Morgan fingerprint density at radius 3 is 2.91 bits per heavy atom. The Morgan fingerprint density at radius 2 is 2.22 bits per heavy atom.